The average molecular weight is 492 g/mol. The van der Waals surface area contributed by atoms with Gasteiger partial charge in [-0.2, -0.15) is 4.98 Å². The van der Waals surface area contributed by atoms with Crippen molar-refractivity contribution in [2.45, 2.75) is 88.3 Å². The Morgan fingerprint density at radius 2 is 1.78 bits per heavy atom. The molecule has 0 unspecified atom stereocenters. The molecule has 5 aliphatic rings. The standard InChI is InChI=1S/C28H41N7O/c36-26-24-16-21-17-29-27(32-25(21)35(24)28(19-30-26)10-2-1-3-11-28)31-22-6-8-23(9-7-22)34-14-12-33(13-15-34)18-20-4-5-20/h16-17,20,22-23H,1-15,18-19H2,(H,30,36)(H,29,31,32)/t22-,23-. The first-order valence-corrected chi connectivity index (χ1v) is 14.6. The van der Waals surface area contributed by atoms with E-state index in [2.05, 4.69) is 30.0 Å². The van der Waals surface area contributed by atoms with E-state index < -0.39 is 0 Å². The van der Waals surface area contributed by atoms with Gasteiger partial charge < -0.3 is 20.1 Å². The summed E-state index contributed by atoms with van der Waals surface area (Å²) in [5.74, 6) is 1.74. The van der Waals surface area contributed by atoms with Crippen molar-refractivity contribution in [2.75, 3.05) is 44.6 Å². The van der Waals surface area contributed by atoms with E-state index in [0.717, 1.165) is 47.5 Å². The molecule has 1 spiro atoms. The van der Waals surface area contributed by atoms with E-state index in [1.54, 1.807) is 0 Å². The Morgan fingerprint density at radius 1 is 1.00 bits per heavy atom. The predicted molar refractivity (Wildman–Crippen MR) is 141 cm³/mol. The summed E-state index contributed by atoms with van der Waals surface area (Å²) in [7, 11) is 0. The van der Waals surface area contributed by atoms with E-state index in [4.69, 9.17) is 4.98 Å². The largest absolute Gasteiger partial charge is 0.351 e. The summed E-state index contributed by atoms with van der Waals surface area (Å²) in [5, 5.41) is 7.80. The van der Waals surface area contributed by atoms with Gasteiger partial charge in [0.15, 0.2) is 0 Å². The highest BCUT2D eigenvalue weighted by Gasteiger charge is 2.41. The molecule has 2 N–H and O–H groups in total. The zero-order chi connectivity index (χ0) is 24.1. The summed E-state index contributed by atoms with van der Waals surface area (Å²) >= 11 is 0. The predicted octanol–water partition coefficient (Wildman–Crippen LogP) is 3.58. The van der Waals surface area contributed by atoms with Crippen LogP contribution in [0.5, 0.6) is 0 Å². The summed E-state index contributed by atoms with van der Waals surface area (Å²) in [5.41, 5.74) is 1.65. The average Bonchev–Trinajstić information content (AvgIpc) is 3.64. The first-order valence-electron chi connectivity index (χ1n) is 14.6. The Hall–Kier alpha value is -2.19. The third-order valence-corrected chi connectivity index (χ3v) is 9.78. The van der Waals surface area contributed by atoms with Gasteiger partial charge in [-0.25, -0.2) is 4.98 Å². The lowest BCUT2D eigenvalue weighted by molar-refractivity contribution is 0.0752. The molecule has 2 aromatic rings. The number of nitrogens with zero attached hydrogens (tertiary/aromatic N) is 5. The fourth-order valence-corrected chi connectivity index (χ4v) is 7.48. The maximum atomic E-state index is 12.7. The van der Waals surface area contributed by atoms with Crippen molar-refractivity contribution in [3.05, 3.63) is 18.0 Å². The van der Waals surface area contributed by atoms with Crippen LogP contribution in [0.2, 0.25) is 0 Å². The molecule has 0 atom stereocenters. The topological polar surface area (TPSA) is 78.3 Å². The van der Waals surface area contributed by atoms with Crippen LogP contribution in [0, 0.1) is 5.92 Å². The van der Waals surface area contributed by atoms with E-state index in [1.165, 1.54) is 90.5 Å². The minimum Gasteiger partial charge on any atom is -0.351 e. The van der Waals surface area contributed by atoms with E-state index in [9.17, 15) is 4.79 Å². The Bertz CT molecular complexity index is 1100. The molecular formula is C28H41N7O. The van der Waals surface area contributed by atoms with Gasteiger partial charge in [0.05, 0.1) is 5.54 Å². The second-order valence-corrected chi connectivity index (χ2v) is 12.2. The molecule has 8 heteroatoms. The van der Waals surface area contributed by atoms with E-state index >= 15 is 0 Å². The number of hydrogen-bond donors (Lipinski definition) is 2. The molecule has 2 aliphatic heterocycles. The molecule has 0 radical (unpaired) electrons. The number of anilines is 1. The van der Waals surface area contributed by atoms with Crippen molar-refractivity contribution in [1.29, 1.82) is 0 Å². The lowest BCUT2D eigenvalue weighted by Gasteiger charge is -2.43. The fraction of sp³-hybridized carbons (Fsp3) is 0.750. The van der Waals surface area contributed by atoms with Crippen LogP contribution in [0.3, 0.4) is 0 Å². The molecule has 0 aromatic carbocycles. The van der Waals surface area contributed by atoms with Crippen LogP contribution >= 0.6 is 0 Å². The Labute approximate surface area is 214 Å². The summed E-state index contributed by atoms with van der Waals surface area (Å²) in [4.78, 5) is 27.8. The molecule has 4 heterocycles. The number of hydrogen-bond acceptors (Lipinski definition) is 6. The number of nitrogens with one attached hydrogen (secondary N) is 2. The van der Waals surface area contributed by atoms with Crippen LogP contribution in [0.25, 0.3) is 11.0 Å². The van der Waals surface area contributed by atoms with Crippen molar-refractivity contribution in [3.8, 4) is 0 Å². The third kappa shape index (κ3) is 4.30. The Balaban J connectivity index is 1.01. The SMILES string of the molecule is O=C1NCC2(CCCCC2)n2c1cc1cnc(N[C@H]3CC[C@H](N4CCN(CC5CC5)CC4)CC3)nc12. The summed E-state index contributed by atoms with van der Waals surface area (Å²) in [6.45, 7) is 7.04. The number of fused-ring (bicyclic) bond motifs is 4. The molecule has 3 aliphatic carbocycles. The molecule has 0 bridgehead atoms. The molecule has 3 saturated carbocycles. The maximum absolute atomic E-state index is 12.7. The van der Waals surface area contributed by atoms with Gasteiger partial charge >= 0.3 is 0 Å². The summed E-state index contributed by atoms with van der Waals surface area (Å²) in [6, 6.07) is 3.15. The molecule has 36 heavy (non-hydrogen) atoms. The quantitative estimate of drug-likeness (QED) is 0.666. The number of piperazine rings is 1. The molecule has 2 aromatic heterocycles. The molecule has 194 valence electrons. The number of carbonyl (C=O) groups excluding carboxylic acids is 1. The Morgan fingerprint density at radius 3 is 2.53 bits per heavy atom. The zero-order valence-corrected chi connectivity index (χ0v) is 21.6. The lowest BCUT2D eigenvalue weighted by Crippen LogP contribution is -2.52. The van der Waals surface area contributed by atoms with E-state index in [-0.39, 0.29) is 11.4 Å². The van der Waals surface area contributed by atoms with Crippen molar-refractivity contribution >= 4 is 22.9 Å². The molecule has 1 saturated heterocycles. The highest BCUT2D eigenvalue weighted by atomic mass is 16.2. The number of carbonyl (C=O) groups is 1. The van der Waals surface area contributed by atoms with Gasteiger partial charge in [-0.05, 0) is 63.4 Å². The minimum absolute atomic E-state index is 0.0189. The maximum Gasteiger partial charge on any atom is 0.268 e. The summed E-state index contributed by atoms with van der Waals surface area (Å²) < 4.78 is 2.27. The summed E-state index contributed by atoms with van der Waals surface area (Å²) in [6.07, 6.45) is 15.6. The van der Waals surface area contributed by atoms with Crippen molar-refractivity contribution in [1.82, 2.24) is 29.7 Å². The van der Waals surface area contributed by atoms with Crippen molar-refractivity contribution in [2.24, 2.45) is 5.92 Å². The van der Waals surface area contributed by atoms with Gasteiger partial charge in [0, 0.05) is 62.9 Å². The third-order valence-electron chi connectivity index (χ3n) is 9.78. The highest BCUT2D eigenvalue weighted by Crippen LogP contribution is 2.40. The van der Waals surface area contributed by atoms with Gasteiger partial charge in [0.1, 0.15) is 11.3 Å². The molecule has 7 rings (SSSR count). The van der Waals surface area contributed by atoms with Crippen LogP contribution in [-0.2, 0) is 5.54 Å². The van der Waals surface area contributed by atoms with E-state index in [0.29, 0.717) is 12.6 Å². The van der Waals surface area contributed by atoms with Crippen LogP contribution in [0.15, 0.2) is 12.3 Å². The van der Waals surface area contributed by atoms with Crippen LogP contribution in [0.4, 0.5) is 5.95 Å². The molecular weight excluding hydrogens is 450 g/mol. The van der Waals surface area contributed by atoms with Gasteiger partial charge in [0.2, 0.25) is 5.95 Å². The monoisotopic (exact) mass is 491 g/mol. The molecule has 1 amide bonds. The van der Waals surface area contributed by atoms with Crippen LogP contribution in [0.1, 0.15) is 81.1 Å². The van der Waals surface area contributed by atoms with Gasteiger partial charge in [-0.1, -0.05) is 19.3 Å². The van der Waals surface area contributed by atoms with Crippen molar-refractivity contribution in [3.63, 3.8) is 0 Å². The van der Waals surface area contributed by atoms with Gasteiger partial charge in [0.25, 0.3) is 5.91 Å². The number of rotatable bonds is 5. The fourth-order valence-electron chi connectivity index (χ4n) is 7.48. The highest BCUT2D eigenvalue weighted by molar-refractivity contribution is 5.99. The lowest BCUT2D eigenvalue weighted by atomic mass is 9.80. The number of aromatic nitrogens is 3. The minimum atomic E-state index is -0.0321. The van der Waals surface area contributed by atoms with Crippen LogP contribution < -0.4 is 10.6 Å². The smallest absolute Gasteiger partial charge is 0.268 e. The second-order valence-electron chi connectivity index (χ2n) is 12.2. The first kappa shape index (κ1) is 23.0. The van der Waals surface area contributed by atoms with Gasteiger partial charge in [-0.15, -0.1) is 0 Å². The normalized spacial score (nSPS) is 29.3. The molecule has 4 fully saturated rings. The number of amides is 1. The Kier molecular flexibility index (Phi) is 5.92. The van der Waals surface area contributed by atoms with Gasteiger partial charge in [-0.3, -0.25) is 9.69 Å². The van der Waals surface area contributed by atoms with E-state index in [1.807, 2.05) is 12.3 Å². The first-order chi connectivity index (χ1) is 17.7. The zero-order valence-electron chi connectivity index (χ0n) is 21.6. The van der Waals surface area contributed by atoms with Crippen LogP contribution in [-0.4, -0.2) is 81.6 Å². The second kappa shape index (κ2) is 9.28. The van der Waals surface area contributed by atoms with Crippen molar-refractivity contribution < 1.29 is 4.79 Å². The molecule has 8 nitrogen and oxygen atoms in total.